The number of likely N-dealkylation sites (tertiary alicyclic amines) is 1. The maximum absolute atomic E-state index is 13.0. The number of nitrogens with zero attached hydrogens (tertiary/aromatic N) is 1. The third kappa shape index (κ3) is 2.26. The Labute approximate surface area is 121 Å². The molecule has 0 saturated carbocycles. The number of rotatable bonds is 3. The van der Waals surface area contributed by atoms with Crippen molar-refractivity contribution in [2.45, 2.75) is 31.7 Å². The molecule has 1 saturated heterocycles. The Morgan fingerprint density at radius 3 is 2.75 bits per heavy atom. The minimum Gasteiger partial charge on any atom is -0.479 e. The van der Waals surface area contributed by atoms with E-state index in [4.69, 9.17) is 11.6 Å². The van der Waals surface area contributed by atoms with E-state index < -0.39 is 23.2 Å². The molecule has 1 atom stereocenters. The molecule has 1 amide bonds. The average Bonchev–Trinajstić information content (AvgIpc) is 2.83. The van der Waals surface area contributed by atoms with Gasteiger partial charge in [0.2, 0.25) is 0 Å². The largest absolute Gasteiger partial charge is 0.479 e. The van der Waals surface area contributed by atoms with Crippen molar-refractivity contribution >= 4 is 23.5 Å². The molecular weight excluding hydrogens is 285 g/mol. The standard InChI is InChI=1S/C14H15ClFNO3/c1-2-14(13(19)20)6-3-7-17(14)12(18)10-5-4-9(16)8-11(10)15/h4-5,8H,2-3,6-7H2,1H3,(H,19,20). The molecule has 0 aliphatic carbocycles. The summed E-state index contributed by atoms with van der Waals surface area (Å²) in [6.07, 6.45) is 1.38. The van der Waals surface area contributed by atoms with Crippen molar-refractivity contribution in [3.05, 3.63) is 34.6 Å². The van der Waals surface area contributed by atoms with E-state index in [9.17, 15) is 19.1 Å². The molecule has 0 spiro atoms. The van der Waals surface area contributed by atoms with Gasteiger partial charge in [-0.15, -0.1) is 0 Å². The van der Waals surface area contributed by atoms with Crippen LogP contribution in [0.5, 0.6) is 0 Å². The number of hydrogen-bond donors (Lipinski definition) is 1. The molecule has 108 valence electrons. The first-order valence-electron chi connectivity index (χ1n) is 6.43. The number of carboxylic acid groups (broad SMARTS) is 1. The number of amides is 1. The lowest BCUT2D eigenvalue weighted by molar-refractivity contribution is -0.148. The highest BCUT2D eigenvalue weighted by atomic mass is 35.5. The molecule has 1 aromatic carbocycles. The van der Waals surface area contributed by atoms with Crippen molar-refractivity contribution in [3.63, 3.8) is 0 Å². The Bertz CT molecular complexity index is 563. The van der Waals surface area contributed by atoms with Crippen molar-refractivity contribution < 1.29 is 19.1 Å². The molecule has 1 aliphatic heterocycles. The zero-order valence-corrected chi connectivity index (χ0v) is 11.8. The van der Waals surface area contributed by atoms with Crippen molar-refractivity contribution in [2.24, 2.45) is 0 Å². The second-order valence-corrected chi connectivity index (χ2v) is 5.28. The van der Waals surface area contributed by atoms with E-state index >= 15 is 0 Å². The SMILES string of the molecule is CCC1(C(=O)O)CCCN1C(=O)c1ccc(F)cc1Cl. The van der Waals surface area contributed by atoms with Crippen LogP contribution in [-0.2, 0) is 4.79 Å². The summed E-state index contributed by atoms with van der Waals surface area (Å²) in [7, 11) is 0. The fourth-order valence-corrected chi connectivity index (χ4v) is 2.97. The summed E-state index contributed by atoms with van der Waals surface area (Å²) in [6, 6.07) is 3.49. The molecule has 1 heterocycles. The van der Waals surface area contributed by atoms with Crippen molar-refractivity contribution in [3.8, 4) is 0 Å². The summed E-state index contributed by atoms with van der Waals surface area (Å²) in [4.78, 5) is 25.4. The maximum Gasteiger partial charge on any atom is 0.329 e. The first-order chi connectivity index (χ1) is 9.42. The normalized spacial score (nSPS) is 22.1. The fraction of sp³-hybridized carbons (Fsp3) is 0.429. The second-order valence-electron chi connectivity index (χ2n) is 4.87. The van der Waals surface area contributed by atoms with Gasteiger partial charge in [-0.2, -0.15) is 0 Å². The van der Waals surface area contributed by atoms with Crippen molar-refractivity contribution in [1.29, 1.82) is 0 Å². The van der Waals surface area contributed by atoms with Gasteiger partial charge in [-0.05, 0) is 37.5 Å². The highest BCUT2D eigenvalue weighted by Gasteiger charge is 2.48. The monoisotopic (exact) mass is 299 g/mol. The van der Waals surface area contributed by atoms with Crippen LogP contribution in [0.15, 0.2) is 18.2 Å². The van der Waals surface area contributed by atoms with E-state index in [2.05, 4.69) is 0 Å². The molecule has 20 heavy (non-hydrogen) atoms. The zero-order chi connectivity index (χ0) is 14.9. The molecule has 1 aliphatic rings. The van der Waals surface area contributed by atoms with Crippen molar-refractivity contribution in [1.82, 2.24) is 4.90 Å². The zero-order valence-electron chi connectivity index (χ0n) is 11.0. The van der Waals surface area contributed by atoms with Gasteiger partial charge in [0, 0.05) is 6.54 Å². The van der Waals surface area contributed by atoms with Crippen LogP contribution in [0.1, 0.15) is 36.5 Å². The lowest BCUT2D eigenvalue weighted by atomic mass is 9.92. The molecule has 2 rings (SSSR count). The number of carbonyl (C=O) groups is 2. The number of carbonyl (C=O) groups excluding carboxylic acids is 1. The molecule has 4 nitrogen and oxygen atoms in total. The Balaban J connectivity index is 2.39. The fourth-order valence-electron chi connectivity index (χ4n) is 2.72. The number of aliphatic carboxylic acids is 1. The average molecular weight is 300 g/mol. The van der Waals surface area contributed by atoms with E-state index in [0.29, 0.717) is 25.8 Å². The highest BCUT2D eigenvalue weighted by Crippen LogP contribution is 2.35. The van der Waals surface area contributed by atoms with Crippen LogP contribution in [0.2, 0.25) is 5.02 Å². The number of halogens is 2. The van der Waals surface area contributed by atoms with E-state index in [0.717, 1.165) is 12.1 Å². The minimum absolute atomic E-state index is 0.00251. The Hall–Kier alpha value is -1.62. The molecule has 6 heteroatoms. The number of benzene rings is 1. The van der Waals surface area contributed by atoms with Gasteiger partial charge in [0.05, 0.1) is 10.6 Å². The van der Waals surface area contributed by atoms with E-state index in [-0.39, 0.29) is 10.6 Å². The first-order valence-corrected chi connectivity index (χ1v) is 6.80. The smallest absolute Gasteiger partial charge is 0.329 e. The number of carboxylic acids is 1. The predicted molar refractivity (Wildman–Crippen MR) is 72.3 cm³/mol. The summed E-state index contributed by atoms with van der Waals surface area (Å²) >= 11 is 5.88. The van der Waals surface area contributed by atoms with Gasteiger partial charge in [-0.3, -0.25) is 4.79 Å². The van der Waals surface area contributed by atoms with Crippen molar-refractivity contribution in [2.75, 3.05) is 6.54 Å². The van der Waals surface area contributed by atoms with E-state index in [1.54, 1.807) is 6.92 Å². The van der Waals surface area contributed by atoms with Crippen LogP contribution in [0, 0.1) is 5.82 Å². The van der Waals surface area contributed by atoms with Gasteiger partial charge >= 0.3 is 5.97 Å². The molecule has 1 N–H and O–H groups in total. The number of hydrogen-bond acceptors (Lipinski definition) is 2. The van der Waals surface area contributed by atoms with Gasteiger partial charge in [0.15, 0.2) is 0 Å². The Morgan fingerprint density at radius 1 is 1.50 bits per heavy atom. The summed E-state index contributed by atoms with van der Waals surface area (Å²) in [5.74, 6) is -2.01. The minimum atomic E-state index is -1.19. The van der Waals surface area contributed by atoms with E-state index in [1.165, 1.54) is 11.0 Å². The van der Waals surface area contributed by atoms with Crippen LogP contribution >= 0.6 is 11.6 Å². The predicted octanol–water partition coefficient (Wildman–Crippen LogP) is 2.95. The topological polar surface area (TPSA) is 57.6 Å². The van der Waals surface area contributed by atoms with Gasteiger partial charge < -0.3 is 10.0 Å². The molecular formula is C14H15ClFNO3. The maximum atomic E-state index is 13.0. The third-order valence-electron chi connectivity index (χ3n) is 3.88. The first kappa shape index (κ1) is 14.8. The summed E-state index contributed by atoms with van der Waals surface area (Å²) in [6.45, 7) is 2.11. The highest BCUT2D eigenvalue weighted by molar-refractivity contribution is 6.33. The summed E-state index contributed by atoms with van der Waals surface area (Å²) in [5, 5.41) is 9.45. The molecule has 0 aromatic heterocycles. The van der Waals surface area contributed by atoms with Crippen LogP contribution in [0.3, 0.4) is 0 Å². The van der Waals surface area contributed by atoms with Gasteiger partial charge in [-0.1, -0.05) is 18.5 Å². The van der Waals surface area contributed by atoms with Crippen LogP contribution < -0.4 is 0 Å². The van der Waals surface area contributed by atoms with Gasteiger partial charge in [-0.25, -0.2) is 9.18 Å². The van der Waals surface area contributed by atoms with Crippen LogP contribution in [0.25, 0.3) is 0 Å². The molecule has 1 fully saturated rings. The van der Waals surface area contributed by atoms with E-state index in [1.807, 2.05) is 0 Å². The summed E-state index contributed by atoms with van der Waals surface area (Å²) in [5.41, 5.74) is -1.05. The molecule has 0 radical (unpaired) electrons. The quantitative estimate of drug-likeness (QED) is 0.933. The molecule has 1 aromatic rings. The van der Waals surface area contributed by atoms with Gasteiger partial charge in [0.25, 0.3) is 5.91 Å². The van der Waals surface area contributed by atoms with Crippen LogP contribution in [-0.4, -0.2) is 34.0 Å². The summed E-state index contributed by atoms with van der Waals surface area (Å²) < 4.78 is 13.0. The second kappa shape index (κ2) is 5.40. The van der Waals surface area contributed by atoms with Crippen LogP contribution in [0.4, 0.5) is 4.39 Å². The lowest BCUT2D eigenvalue weighted by Crippen LogP contribution is -2.52. The third-order valence-corrected chi connectivity index (χ3v) is 4.19. The Morgan fingerprint density at radius 2 is 2.20 bits per heavy atom. The molecule has 0 bridgehead atoms. The van der Waals surface area contributed by atoms with Gasteiger partial charge in [0.1, 0.15) is 11.4 Å². The molecule has 1 unspecified atom stereocenters. The Kier molecular flexibility index (Phi) is 3.99. The lowest BCUT2D eigenvalue weighted by Gasteiger charge is -2.34.